The first-order chi connectivity index (χ1) is 15.5. The second-order valence-electron chi connectivity index (χ2n) is 6.94. The molecule has 5 nitrogen and oxygen atoms in total. The first-order valence-electron chi connectivity index (χ1n) is 10.1. The molecule has 1 unspecified atom stereocenters. The van der Waals surface area contributed by atoms with Gasteiger partial charge in [0.2, 0.25) is 0 Å². The maximum atomic E-state index is 14.8. The summed E-state index contributed by atoms with van der Waals surface area (Å²) < 4.78 is 40.5. The summed E-state index contributed by atoms with van der Waals surface area (Å²) in [5.74, 6) is -2.52. The summed E-state index contributed by atoms with van der Waals surface area (Å²) in [6.07, 6.45) is -1.46. The van der Waals surface area contributed by atoms with E-state index in [1.54, 1.807) is 31.2 Å². The average molecular weight is 436 g/mol. The van der Waals surface area contributed by atoms with Crippen LogP contribution in [-0.2, 0) is 22.7 Å². The van der Waals surface area contributed by atoms with Crippen molar-refractivity contribution >= 4 is 5.91 Å². The summed E-state index contributed by atoms with van der Waals surface area (Å²) >= 11 is 0. The van der Waals surface area contributed by atoms with Crippen LogP contribution < -0.4 is 10.1 Å². The molecule has 3 rings (SSSR count). The number of hydrogen-bond acceptors (Lipinski definition) is 4. The molecule has 0 spiro atoms. The highest BCUT2D eigenvalue weighted by atomic mass is 19.1. The molecule has 7 heteroatoms. The van der Waals surface area contributed by atoms with E-state index < -0.39 is 29.2 Å². The Morgan fingerprint density at radius 1 is 1.03 bits per heavy atom. The molecule has 0 radical (unpaired) electrons. The molecular weight excluding hydrogens is 414 g/mol. The van der Waals surface area contributed by atoms with Gasteiger partial charge >= 0.3 is 0 Å². The molecule has 0 aromatic heterocycles. The Morgan fingerprint density at radius 2 is 1.69 bits per heavy atom. The number of nitrogens with one attached hydrogen (secondary N) is 1. The van der Waals surface area contributed by atoms with Gasteiger partial charge in [0.15, 0.2) is 6.10 Å². The Balaban J connectivity index is 1.72. The molecule has 0 saturated carbocycles. The Bertz CT molecular complexity index is 1070. The van der Waals surface area contributed by atoms with E-state index in [0.717, 1.165) is 23.3 Å². The second kappa shape index (κ2) is 11.0. The number of hydrogen-bond donors (Lipinski definition) is 1. The lowest BCUT2D eigenvalue weighted by atomic mass is 10.1. The molecule has 164 valence electrons. The predicted octanol–water partition coefficient (Wildman–Crippen LogP) is 4.81. The summed E-state index contributed by atoms with van der Waals surface area (Å²) in [4.78, 5) is 12.7. The number of carbonyl (C=O) groups excluding carboxylic acids is 1. The number of halogens is 2. The van der Waals surface area contributed by atoms with Gasteiger partial charge in [-0.15, -0.1) is 0 Å². The third-order valence-corrected chi connectivity index (χ3v) is 4.68. The number of benzene rings is 3. The molecule has 32 heavy (non-hydrogen) atoms. The summed E-state index contributed by atoms with van der Waals surface area (Å²) in [6.45, 7) is 1.99. The fraction of sp³-hybridized carbons (Fsp3) is 0.200. The normalized spacial score (nSPS) is 11.4. The quantitative estimate of drug-likeness (QED) is 0.523. The van der Waals surface area contributed by atoms with Crippen molar-refractivity contribution in [2.75, 3.05) is 6.61 Å². The van der Waals surface area contributed by atoms with E-state index in [9.17, 15) is 13.6 Å². The zero-order chi connectivity index (χ0) is 22.9. The van der Waals surface area contributed by atoms with Gasteiger partial charge in [0.05, 0.1) is 17.2 Å². The minimum Gasteiger partial charge on any atom is -0.489 e. The van der Waals surface area contributed by atoms with E-state index in [0.29, 0.717) is 5.56 Å². The van der Waals surface area contributed by atoms with Crippen molar-refractivity contribution in [3.8, 4) is 11.8 Å². The molecule has 1 atom stereocenters. The van der Waals surface area contributed by atoms with E-state index in [1.165, 1.54) is 0 Å². The van der Waals surface area contributed by atoms with Crippen LogP contribution in [0.1, 0.15) is 35.3 Å². The van der Waals surface area contributed by atoms with Gasteiger partial charge in [-0.25, -0.2) is 8.78 Å². The van der Waals surface area contributed by atoms with Crippen molar-refractivity contribution in [1.29, 1.82) is 5.26 Å². The van der Waals surface area contributed by atoms with Crippen molar-refractivity contribution in [3.05, 3.63) is 101 Å². The van der Waals surface area contributed by atoms with Gasteiger partial charge in [-0.05, 0) is 30.2 Å². The van der Waals surface area contributed by atoms with Crippen molar-refractivity contribution in [3.63, 3.8) is 0 Å². The first-order valence-corrected chi connectivity index (χ1v) is 10.1. The lowest BCUT2D eigenvalue weighted by Crippen LogP contribution is -2.31. The van der Waals surface area contributed by atoms with Crippen LogP contribution in [0, 0.1) is 23.0 Å². The smallest absolute Gasteiger partial charge is 0.254 e. The molecule has 0 heterocycles. The number of nitriles is 1. The molecule has 0 aliphatic heterocycles. The van der Waals surface area contributed by atoms with Crippen LogP contribution in [0.3, 0.4) is 0 Å². The number of ether oxygens (including phenoxy) is 2. The molecule has 1 N–H and O–H groups in total. The van der Waals surface area contributed by atoms with Gasteiger partial charge in [0, 0.05) is 25.3 Å². The molecule has 3 aromatic carbocycles. The minimum absolute atomic E-state index is 0.0147. The fourth-order valence-corrected chi connectivity index (χ4v) is 3.07. The minimum atomic E-state index is -1.46. The van der Waals surface area contributed by atoms with E-state index in [4.69, 9.17) is 14.7 Å². The van der Waals surface area contributed by atoms with Crippen LogP contribution >= 0.6 is 0 Å². The van der Waals surface area contributed by atoms with Crippen molar-refractivity contribution < 1.29 is 23.0 Å². The summed E-state index contributed by atoms with van der Waals surface area (Å²) in [7, 11) is 0. The highest BCUT2D eigenvalue weighted by Crippen LogP contribution is 2.29. The van der Waals surface area contributed by atoms with Crippen LogP contribution in [0.2, 0.25) is 0 Å². The van der Waals surface area contributed by atoms with Crippen molar-refractivity contribution in [2.24, 2.45) is 0 Å². The molecule has 0 aliphatic rings. The molecule has 1 amide bonds. The maximum Gasteiger partial charge on any atom is 0.254 e. The van der Waals surface area contributed by atoms with Gasteiger partial charge in [-0.3, -0.25) is 4.79 Å². The standard InChI is InChI=1S/C25H22F2N2O3/c1-2-31-24(25(30)29-15-18-10-8-17(14-28)9-11-18)23-21(26)12-20(13-22(23)27)32-16-19-6-4-3-5-7-19/h3-13,24H,2,15-16H2,1H3,(H,29,30). The average Bonchev–Trinajstić information content (AvgIpc) is 2.81. The van der Waals surface area contributed by atoms with Crippen LogP contribution in [0.4, 0.5) is 8.78 Å². The van der Waals surface area contributed by atoms with Crippen LogP contribution in [-0.4, -0.2) is 12.5 Å². The van der Waals surface area contributed by atoms with Gasteiger partial charge in [0.25, 0.3) is 5.91 Å². The van der Waals surface area contributed by atoms with Gasteiger partial charge < -0.3 is 14.8 Å². The Kier molecular flexibility index (Phi) is 7.90. The zero-order valence-electron chi connectivity index (χ0n) is 17.5. The number of rotatable bonds is 9. The van der Waals surface area contributed by atoms with Gasteiger partial charge in [0.1, 0.15) is 24.0 Å². The molecule has 0 fully saturated rings. The number of carbonyl (C=O) groups is 1. The summed E-state index contributed by atoms with van der Waals surface area (Å²) in [5, 5.41) is 11.5. The number of nitrogens with zero attached hydrogens (tertiary/aromatic N) is 1. The topological polar surface area (TPSA) is 71.3 Å². The monoisotopic (exact) mass is 436 g/mol. The van der Waals surface area contributed by atoms with Gasteiger partial charge in [-0.2, -0.15) is 5.26 Å². The molecule has 0 aliphatic carbocycles. The van der Waals surface area contributed by atoms with E-state index in [1.807, 2.05) is 36.4 Å². The third-order valence-electron chi connectivity index (χ3n) is 4.68. The van der Waals surface area contributed by atoms with Crippen molar-refractivity contribution in [1.82, 2.24) is 5.32 Å². The lowest BCUT2D eigenvalue weighted by molar-refractivity contribution is -0.133. The largest absolute Gasteiger partial charge is 0.489 e. The van der Waals surface area contributed by atoms with E-state index in [-0.39, 0.29) is 25.5 Å². The Labute approximate surface area is 185 Å². The molecular formula is C25H22F2N2O3. The Hall–Kier alpha value is -3.76. The van der Waals surface area contributed by atoms with Crippen molar-refractivity contribution in [2.45, 2.75) is 26.2 Å². The summed E-state index contributed by atoms with van der Waals surface area (Å²) in [5.41, 5.74) is 1.60. The third kappa shape index (κ3) is 5.90. The molecule has 3 aromatic rings. The highest BCUT2D eigenvalue weighted by molar-refractivity contribution is 5.82. The fourth-order valence-electron chi connectivity index (χ4n) is 3.07. The summed E-state index contributed by atoms with van der Waals surface area (Å²) in [6, 6.07) is 19.9. The molecule has 0 bridgehead atoms. The SMILES string of the molecule is CCOC(C(=O)NCc1ccc(C#N)cc1)c1c(F)cc(OCc2ccccc2)cc1F. The van der Waals surface area contributed by atoms with Crippen LogP contribution in [0.5, 0.6) is 5.75 Å². The number of amides is 1. The maximum absolute atomic E-state index is 14.8. The lowest BCUT2D eigenvalue weighted by Gasteiger charge is -2.19. The molecule has 0 saturated heterocycles. The zero-order valence-corrected chi connectivity index (χ0v) is 17.5. The Morgan fingerprint density at radius 3 is 2.28 bits per heavy atom. The first kappa shape index (κ1) is 22.9. The van der Waals surface area contributed by atoms with E-state index in [2.05, 4.69) is 5.32 Å². The van der Waals surface area contributed by atoms with Crippen LogP contribution in [0.15, 0.2) is 66.7 Å². The van der Waals surface area contributed by atoms with Gasteiger partial charge in [-0.1, -0.05) is 42.5 Å². The highest BCUT2D eigenvalue weighted by Gasteiger charge is 2.28. The van der Waals surface area contributed by atoms with Crippen LogP contribution in [0.25, 0.3) is 0 Å². The van der Waals surface area contributed by atoms with E-state index >= 15 is 0 Å². The predicted molar refractivity (Wildman–Crippen MR) is 115 cm³/mol. The second-order valence-corrected chi connectivity index (χ2v) is 6.94.